The molecule has 0 saturated carbocycles. The maximum Gasteiger partial charge on any atom is 0.265 e. The summed E-state index contributed by atoms with van der Waals surface area (Å²) in [4.78, 5) is 27.5. The highest BCUT2D eigenvalue weighted by molar-refractivity contribution is 9.10. The fourth-order valence-corrected chi connectivity index (χ4v) is 3.03. The molecule has 0 radical (unpaired) electrons. The minimum atomic E-state index is -0.0664. The van der Waals surface area contributed by atoms with Crippen LogP contribution < -0.4 is 0 Å². The summed E-state index contributed by atoms with van der Waals surface area (Å²) >= 11 is 4.72. The van der Waals surface area contributed by atoms with Crippen LogP contribution in [0.1, 0.15) is 9.67 Å². The lowest BCUT2D eigenvalue weighted by Gasteiger charge is -2.31. The zero-order valence-electron chi connectivity index (χ0n) is 8.77. The van der Waals surface area contributed by atoms with Gasteiger partial charge in [-0.15, -0.1) is 11.3 Å². The van der Waals surface area contributed by atoms with Crippen LogP contribution in [-0.4, -0.2) is 48.3 Å². The Morgan fingerprint density at radius 1 is 1.50 bits per heavy atom. The van der Waals surface area contributed by atoms with Crippen molar-refractivity contribution < 1.29 is 9.59 Å². The lowest BCUT2D eigenvalue weighted by atomic mass is 10.3. The third-order valence-corrected chi connectivity index (χ3v) is 4.38. The Morgan fingerprint density at radius 2 is 2.25 bits per heavy atom. The smallest absolute Gasteiger partial charge is 0.265 e. The van der Waals surface area contributed by atoms with Gasteiger partial charge in [0.15, 0.2) is 0 Å². The summed E-state index contributed by atoms with van der Waals surface area (Å²) in [6.45, 7) is 1.39. The Kier molecular flexibility index (Phi) is 3.30. The molecule has 0 bridgehead atoms. The Balaban J connectivity index is 2.12. The molecule has 86 valence electrons. The van der Waals surface area contributed by atoms with Crippen LogP contribution in [0.2, 0.25) is 0 Å². The van der Waals surface area contributed by atoms with Crippen LogP contribution in [0.3, 0.4) is 0 Å². The molecule has 1 aliphatic heterocycles. The lowest BCUT2D eigenvalue weighted by Crippen LogP contribution is -2.50. The van der Waals surface area contributed by atoms with Gasteiger partial charge in [0.2, 0.25) is 5.91 Å². The van der Waals surface area contributed by atoms with E-state index in [1.807, 2.05) is 11.4 Å². The van der Waals surface area contributed by atoms with Gasteiger partial charge in [0, 0.05) is 24.6 Å². The largest absolute Gasteiger partial charge is 0.342 e. The molecule has 1 aliphatic rings. The van der Waals surface area contributed by atoms with E-state index < -0.39 is 0 Å². The van der Waals surface area contributed by atoms with Crippen molar-refractivity contribution in [1.29, 1.82) is 0 Å². The van der Waals surface area contributed by atoms with Crippen LogP contribution in [0.25, 0.3) is 0 Å². The highest BCUT2D eigenvalue weighted by Gasteiger charge is 2.27. The van der Waals surface area contributed by atoms with Crippen molar-refractivity contribution in [3.8, 4) is 0 Å². The minimum absolute atomic E-state index is 0.00715. The summed E-state index contributed by atoms with van der Waals surface area (Å²) < 4.78 is 0.800. The molecule has 0 spiro atoms. The standard InChI is InChI=1S/C10H11BrN2O2S/c1-12-3-4-13(6-8(12)14)10(15)9-7(11)2-5-16-9/h2,5H,3-4,6H2,1H3. The minimum Gasteiger partial charge on any atom is -0.342 e. The van der Waals surface area contributed by atoms with Crippen LogP contribution >= 0.6 is 27.3 Å². The van der Waals surface area contributed by atoms with Crippen molar-refractivity contribution in [3.05, 3.63) is 20.8 Å². The highest BCUT2D eigenvalue weighted by Crippen LogP contribution is 2.24. The van der Waals surface area contributed by atoms with E-state index in [-0.39, 0.29) is 18.4 Å². The highest BCUT2D eigenvalue weighted by atomic mass is 79.9. The molecular weight excluding hydrogens is 292 g/mol. The molecular formula is C10H11BrN2O2S. The average Bonchev–Trinajstić information content (AvgIpc) is 2.67. The predicted molar refractivity (Wildman–Crippen MR) is 65.6 cm³/mol. The summed E-state index contributed by atoms with van der Waals surface area (Å²) in [6.07, 6.45) is 0. The maximum absolute atomic E-state index is 12.1. The van der Waals surface area contributed by atoms with Crippen molar-refractivity contribution in [1.82, 2.24) is 9.80 Å². The van der Waals surface area contributed by atoms with E-state index in [2.05, 4.69) is 15.9 Å². The molecule has 0 aromatic carbocycles. The van der Waals surface area contributed by atoms with Crippen molar-refractivity contribution >= 4 is 39.1 Å². The van der Waals surface area contributed by atoms with Gasteiger partial charge in [0.1, 0.15) is 11.4 Å². The zero-order valence-corrected chi connectivity index (χ0v) is 11.2. The number of likely N-dealkylation sites (N-methyl/N-ethyl adjacent to an activating group) is 1. The quantitative estimate of drug-likeness (QED) is 0.787. The monoisotopic (exact) mass is 302 g/mol. The topological polar surface area (TPSA) is 40.6 Å². The Morgan fingerprint density at radius 3 is 2.81 bits per heavy atom. The number of amides is 2. The molecule has 1 saturated heterocycles. The van der Waals surface area contributed by atoms with Crippen LogP contribution in [0.15, 0.2) is 15.9 Å². The molecule has 2 heterocycles. The fourth-order valence-electron chi connectivity index (χ4n) is 1.52. The maximum atomic E-state index is 12.1. The van der Waals surface area contributed by atoms with Crippen molar-refractivity contribution in [2.24, 2.45) is 0 Å². The number of carbonyl (C=O) groups excluding carboxylic acids is 2. The molecule has 1 aromatic rings. The first-order valence-corrected chi connectivity index (χ1v) is 6.53. The van der Waals surface area contributed by atoms with E-state index in [4.69, 9.17) is 0 Å². The number of piperazine rings is 1. The van der Waals surface area contributed by atoms with E-state index in [1.54, 1.807) is 16.8 Å². The fraction of sp³-hybridized carbons (Fsp3) is 0.400. The molecule has 0 aliphatic carbocycles. The summed E-state index contributed by atoms with van der Waals surface area (Å²) in [5, 5.41) is 1.86. The molecule has 1 fully saturated rings. The summed E-state index contributed by atoms with van der Waals surface area (Å²) in [6, 6.07) is 1.84. The van der Waals surface area contributed by atoms with E-state index in [1.165, 1.54) is 11.3 Å². The summed E-state index contributed by atoms with van der Waals surface area (Å²) in [5.41, 5.74) is 0. The van der Waals surface area contributed by atoms with E-state index >= 15 is 0 Å². The average molecular weight is 303 g/mol. The Hall–Kier alpha value is -0.880. The van der Waals surface area contributed by atoms with Crippen LogP contribution in [0, 0.1) is 0 Å². The van der Waals surface area contributed by atoms with E-state index in [0.717, 1.165) is 4.47 Å². The third-order valence-electron chi connectivity index (χ3n) is 2.56. The molecule has 4 nitrogen and oxygen atoms in total. The molecule has 16 heavy (non-hydrogen) atoms. The number of thiophene rings is 1. The first-order chi connectivity index (χ1) is 7.59. The van der Waals surface area contributed by atoms with Gasteiger partial charge in [-0.1, -0.05) is 0 Å². The number of halogens is 1. The van der Waals surface area contributed by atoms with Gasteiger partial charge in [-0.25, -0.2) is 0 Å². The number of hydrogen-bond acceptors (Lipinski definition) is 3. The molecule has 2 amide bonds. The Bertz CT molecular complexity index is 432. The van der Waals surface area contributed by atoms with Gasteiger partial charge < -0.3 is 9.80 Å². The second-order valence-corrected chi connectivity index (χ2v) is 5.41. The van der Waals surface area contributed by atoms with Crippen LogP contribution in [0.4, 0.5) is 0 Å². The van der Waals surface area contributed by atoms with Crippen LogP contribution in [0.5, 0.6) is 0 Å². The van der Waals surface area contributed by atoms with E-state index in [0.29, 0.717) is 18.0 Å². The zero-order chi connectivity index (χ0) is 11.7. The second-order valence-electron chi connectivity index (χ2n) is 3.64. The van der Waals surface area contributed by atoms with Gasteiger partial charge in [-0.2, -0.15) is 0 Å². The van der Waals surface area contributed by atoms with Crippen LogP contribution in [-0.2, 0) is 4.79 Å². The third kappa shape index (κ3) is 2.12. The molecule has 6 heteroatoms. The van der Waals surface area contributed by atoms with E-state index in [9.17, 15) is 9.59 Å². The first-order valence-electron chi connectivity index (χ1n) is 4.86. The number of carbonyl (C=O) groups is 2. The normalized spacial score (nSPS) is 16.8. The van der Waals surface area contributed by atoms with Gasteiger partial charge in [0.05, 0.1) is 0 Å². The number of nitrogens with zero attached hydrogens (tertiary/aromatic N) is 2. The van der Waals surface area contributed by atoms with Crippen molar-refractivity contribution in [2.45, 2.75) is 0 Å². The molecule has 0 atom stereocenters. The lowest BCUT2D eigenvalue weighted by molar-refractivity contribution is -0.133. The predicted octanol–water partition coefficient (Wildman–Crippen LogP) is 1.42. The van der Waals surface area contributed by atoms with Gasteiger partial charge in [-0.05, 0) is 27.4 Å². The van der Waals surface area contributed by atoms with Crippen molar-refractivity contribution in [3.63, 3.8) is 0 Å². The molecule has 2 rings (SSSR count). The Labute approximate surface area is 106 Å². The molecule has 0 unspecified atom stereocenters. The molecule has 1 aromatic heterocycles. The SMILES string of the molecule is CN1CCN(C(=O)c2sccc2Br)CC1=O. The summed E-state index contributed by atoms with van der Waals surface area (Å²) in [5.74, 6) is -0.0735. The van der Waals surface area contributed by atoms with Crippen molar-refractivity contribution in [2.75, 3.05) is 26.7 Å². The van der Waals surface area contributed by atoms with Gasteiger partial charge in [-0.3, -0.25) is 9.59 Å². The van der Waals surface area contributed by atoms with Gasteiger partial charge >= 0.3 is 0 Å². The number of rotatable bonds is 1. The number of hydrogen-bond donors (Lipinski definition) is 0. The molecule has 0 N–H and O–H groups in total. The first kappa shape index (κ1) is 11.6. The van der Waals surface area contributed by atoms with Gasteiger partial charge in [0.25, 0.3) is 5.91 Å². The second kappa shape index (κ2) is 4.55. The summed E-state index contributed by atoms with van der Waals surface area (Å²) in [7, 11) is 1.76.